The third kappa shape index (κ3) is 6.39. The van der Waals surface area contributed by atoms with Crippen molar-refractivity contribution in [2.24, 2.45) is 10.7 Å². The summed E-state index contributed by atoms with van der Waals surface area (Å²) >= 11 is 0. The molecule has 0 aliphatic rings. The lowest BCUT2D eigenvalue weighted by molar-refractivity contribution is -0.119. The highest BCUT2D eigenvalue weighted by Crippen LogP contribution is 2.15. The van der Waals surface area contributed by atoms with E-state index in [0.29, 0.717) is 17.9 Å². The fourth-order valence-corrected chi connectivity index (χ4v) is 2.03. The van der Waals surface area contributed by atoms with Crippen molar-refractivity contribution < 1.29 is 19.1 Å². The normalized spacial score (nSPS) is 10.7. The molecule has 2 N–H and O–H groups in total. The van der Waals surface area contributed by atoms with E-state index in [0.717, 1.165) is 24.1 Å². The zero-order valence-corrected chi connectivity index (χ0v) is 14.7. The molecule has 0 unspecified atom stereocenters. The quantitative estimate of drug-likeness (QED) is 0.425. The highest BCUT2D eigenvalue weighted by atomic mass is 16.5. The van der Waals surface area contributed by atoms with Crippen LogP contribution in [0.2, 0.25) is 0 Å². The standard InChI is InChI=1S/C20H22N2O4/c1-2-3-12-25-20(24)16-6-8-17(9-7-16)22-13-15-4-10-18(11-5-15)26-14-19(21)23/h4-11,13H,2-3,12,14H2,1H3,(H2,21,23). The van der Waals surface area contributed by atoms with Gasteiger partial charge in [0.05, 0.1) is 17.9 Å². The molecule has 0 aliphatic carbocycles. The zero-order chi connectivity index (χ0) is 18.8. The number of esters is 1. The van der Waals surface area contributed by atoms with Gasteiger partial charge in [-0.15, -0.1) is 0 Å². The fourth-order valence-electron chi connectivity index (χ4n) is 2.03. The van der Waals surface area contributed by atoms with Crippen LogP contribution in [0.1, 0.15) is 35.7 Å². The number of ether oxygens (including phenoxy) is 2. The van der Waals surface area contributed by atoms with Gasteiger partial charge in [0.2, 0.25) is 0 Å². The minimum Gasteiger partial charge on any atom is -0.484 e. The van der Waals surface area contributed by atoms with Crippen molar-refractivity contribution in [3.05, 3.63) is 59.7 Å². The Morgan fingerprint density at radius 3 is 2.38 bits per heavy atom. The molecule has 6 heteroatoms. The molecule has 6 nitrogen and oxygen atoms in total. The lowest BCUT2D eigenvalue weighted by Gasteiger charge is -2.04. The van der Waals surface area contributed by atoms with Crippen molar-refractivity contribution in [1.29, 1.82) is 0 Å². The van der Waals surface area contributed by atoms with E-state index < -0.39 is 5.91 Å². The number of rotatable bonds is 9. The molecule has 2 aromatic rings. The van der Waals surface area contributed by atoms with E-state index in [2.05, 4.69) is 4.99 Å². The Hall–Kier alpha value is -3.15. The monoisotopic (exact) mass is 354 g/mol. The molecule has 2 aromatic carbocycles. The van der Waals surface area contributed by atoms with Gasteiger partial charge in [-0.3, -0.25) is 9.79 Å². The Bertz CT molecular complexity index is 752. The smallest absolute Gasteiger partial charge is 0.338 e. The number of hydrogen-bond acceptors (Lipinski definition) is 5. The van der Waals surface area contributed by atoms with Gasteiger partial charge in [0.1, 0.15) is 5.75 Å². The van der Waals surface area contributed by atoms with Crippen LogP contribution >= 0.6 is 0 Å². The number of primary amides is 1. The summed E-state index contributed by atoms with van der Waals surface area (Å²) in [6.45, 7) is 2.33. The second-order valence-corrected chi connectivity index (χ2v) is 5.62. The van der Waals surface area contributed by atoms with Gasteiger partial charge < -0.3 is 15.2 Å². The summed E-state index contributed by atoms with van der Waals surface area (Å²) in [7, 11) is 0. The number of carbonyl (C=O) groups excluding carboxylic acids is 2. The highest BCUT2D eigenvalue weighted by molar-refractivity contribution is 5.90. The molecule has 0 aliphatic heterocycles. The van der Waals surface area contributed by atoms with E-state index in [1.165, 1.54) is 0 Å². The number of hydrogen-bond donors (Lipinski definition) is 1. The maximum Gasteiger partial charge on any atom is 0.338 e. The number of aliphatic imine (C=N–C) groups is 1. The van der Waals surface area contributed by atoms with Crippen LogP contribution < -0.4 is 10.5 Å². The van der Waals surface area contributed by atoms with Crippen LogP contribution in [-0.2, 0) is 9.53 Å². The molecular formula is C20H22N2O4. The van der Waals surface area contributed by atoms with Crippen LogP contribution in [0, 0.1) is 0 Å². The number of unbranched alkanes of at least 4 members (excludes halogenated alkanes) is 1. The minimum absolute atomic E-state index is 0.152. The summed E-state index contributed by atoms with van der Waals surface area (Å²) in [5.74, 6) is -0.277. The molecule has 0 saturated heterocycles. The third-order valence-electron chi connectivity index (χ3n) is 3.46. The van der Waals surface area contributed by atoms with E-state index >= 15 is 0 Å². The number of amides is 1. The van der Waals surface area contributed by atoms with Gasteiger partial charge >= 0.3 is 5.97 Å². The second kappa shape index (κ2) is 9.98. The molecule has 0 saturated carbocycles. The van der Waals surface area contributed by atoms with Gasteiger partial charge in [-0.2, -0.15) is 0 Å². The average molecular weight is 354 g/mol. The number of nitrogens with two attached hydrogens (primary N) is 1. The van der Waals surface area contributed by atoms with Crippen molar-refractivity contribution in [1.82, 2.24) is 0 Å². The Balaban J connectivity index is 1.91. The summed E-state index contributed by atoms with van der Waals surface area (Å²) in [5.41, 5.74) is 7.14. The first-order valence-corrected chi connectivity index (χ1v) is 8.41. The lowest BCUT2D eigenvalue weighted by atomic mass is 10.2. The fraction of sp³-hybridized carbons (Fsp3) is 0.250. The molecule has 26 heavy (non-hydrogen) atoms. The van der Waals surface area contributed by atoms with E-state index in [4.69, 9.17) is 15.2 Å². The van der Waals surface area contributed by atoms with Crippen molar-refractivity contribution in [3.63, 3.8) is 0 Å². The van der Waals surface area contributed by atoms with Gasteiger partial charge in [-0.05, 0) is 60.5 Å². The minimum atomic E-state index is -0.520. The van der Waals surface area contributed by atoms with Gasteiger partial charge in [-0.1, -0.05) is 13.3 Å². The molecule has 136 valence electrons. The molecule has 0 spiro atoms. The highest BCUT2D eigenvalue weighted by Gasteiger charge is 2.06. The lowest BCUT2D eigenvalue weighted by Crippen LogP contribution is -2.19. The topological polar surface area (TPSA) is 91.0 Å². The zero-order valence-electron chi connectivity index (χ0n) is 14.7. The van der Waals surface area contributed by atoms with E-state index in [-0.39, 0.29) is 12.6 Å². The second-order valence-electron chi connectivity index (χ2n) is 5.62. The summed E-state index contributed by atoms with van der Waals surface area (Å²) in [6.07, 6.45) is 3.55. The van der Waals surface area contributed by atoms with Crippen molar-refractivity contribution in [2.45, 2.75) is 19.8 Å². The average Bonchev–Trinajstić information content (AvgIpc) is 2.66. The molecule has 0 atom stereocenters. The number of carbonyl (C=O) groups is 2. The first-order valence-electron chi connectivity index (χ1n) is 8.41. The van der Waals surface area contributed by atoms with Crippen molar-refractivity contribution >= 4 is 23.8 Å². The summed E-state index contributed by atoms with van der Waals surface area (Å²) in [6, 6.07) is 14.0. The molecule has 0 aromatic heterocycles. The Labute approximate surface area is 152 Å². The Morgan fingerprint density at radius 2 is 1.77 bits per heavy atom. The molecule has 0 heterocycles. The predicted octanol–water partition coefficient (Wildman–Crippen LogP) is 3.26. The van der Waals surface area contributed by atoms with Gasteiger partial charge in [0.25, 0.3) is 5.91 Å². The van der Waals surface area contributed by atoms with Crippen LogP contribution in [0.4, 0.5) is 5.69 Å². The molecule has 0 fully saturated rings. The van der Waals surface area contributed by atoms with Crippen LogP contribution in [-0.4, -0.2) is 31.3 Å². The van der Waals surface area contributed by atoms with Gasteiger partial charge in [-0.25, -0.2) is 4.79 Å². The van der Waals surface area contributed by atoms with Crippen LogP contribution in [0.5, 0.6) is 5.75 Å². The van der Waals surface area contributed by atoms with E-state index in [9.17, 15) is 9.59 Å². The first-order chi connectivity index (χ1) is 12.6. The Kier molecular flexibility index (Phi) is 7.36. The van der Waals surface area contributed by atoms with Crippen LogP contribution in [0.3, 0.4) is 0 Å². The Morgan fingerprint density at radius 1 is 1.08 bits per heavy atom. The molecule has 0 bridgehead atoms. The largest absolute Gasteiger partial charge is 0.484 e. The molecule has 0 radical (unpaired) electrons. The van der Waals surface area contributed by atoms with Crippen molar-refractivity contribution in [2.75, 3.05) is 13.2 Å². The summed E-state index contributed by atoms with van der Waals surface area (Å²) < 4.78 is 10.4. The predicted molar refractivity (Wildman–Crippen MR) is 100 cm³/mol. The van der Waals surface area contributed by atoms with Crippen LogP contribution in [0.25, 0.3) is 0 Å². The SMILES string of the molecule is CCCCOC(=O)c1ccc(N=Cc2ccc(OCC(N)=O)cc2)cc1. The van der Waals surface area contributed by atoms with Crippen LogP contribution in [0.15, 0.2) is 53.5 Å². The van der Waals surface area contributed by atoms with Gasteiger partial charge in [0, 0.05) is 6.21 Å². The summed E-state index contributed by atoms with van der Waals surface area (Å²) in [5, 5.41) is 0. The van der Waals surface area contributed by atoms with Crippen molar-refractivity contribution in [3.8, 4) is 5.75 Å². The maximum atomic E-state index is 11.8. The molecular weight excluding hydrogens is 332 g/mol. The number of benzene rings is 2. The van der Waals surface area contributed by atoms with E-state index in [1.807, 2.05) is 19.1 Å². The third-order valence-corrected chi connectivity index (χ3v) is 3.46. The maximum absolute atomic E-state index is 11.8. The van der Waals surface area contributed by atoms with Gasteiger partial charge in [0.15, 0.2) is 6.61 Å². The summed E-state index contributed by atoms with van der Waals surface area (Å²) in [4.78, 5) is 26.9. The molecule has 2 rings (SSSR count). The van der Waals surface area contributed by atoms with E-state index in [1.54, 1.807) is 42.6 Å². The first kappa shape index (κ1) is 19.2. The number of nitrogens with zero attached hydrogens (tertiary/aromatic N) is 1. The molecule has 1 amide bonds.